The quantitative estimate of drug-likeness (QED) is 0.598. The number of aromatic nitrogens is 4. The van der Waals surface area contributed by atoms with Gasteiger partial charge < -0.3 is 20.5 Å². The highest BCUT2D eigenvalue weighted by Crippen LogP contribution is 2.30. The second-order valence-electron chi connectivity index (χ2n) is 7.49. The Kier molecular flexibility index (Phi) is 4.83. The summed E-state index contributed by atoms with van der Waals surface area (Å²) >= 11 is 0. The Balaban J connectivity index is 1.77. The molecule has 1 aliphatic heterocycles. The summed E-state index contributed by atoms with van der Waals surface area (Å²) in [4.78, 5) is 8.63. The molecular weight excluding hydrogens is 382 g/mol. The van der Waals surface area contributed by atoms with Crippen LogP contribution < -0.4 is 15.4 Å². The lowest BCUT2D eigenvalue weighted by atomic mass is 10.0. The number of alkyl halides is 1. The van der Waals surface area contributed by atoms with E-state index in [9.17, 15) is 13.9 Å². The summed E-state index contributed by atoms with van der Waals surface area (Å²) in [5.74, 6) is -0.210. The van der Waals surface area contributed by atoms with Gasteiger partial charge in [0.25, 0.3) is 0 Å². The van der Waals surface area contributed by atoms with Crippen LogP contribution in [0.5, 0.6) is 5.75 Å². The first-order chi connectivity index (χ1) is 13.8. The summed E-state index contributed by atoms with van der Waals surface area (Å²) in [6.07, 6.45) is 0.425. The molecule has 0 unspecified atom stereocenters. The van der Waals surface area contributed by atoms with E-state index in [1.54, 1.807) is 26.1 Å². The first-order valence-electron chi connectivity index (χ1n) is 9.22. The maximum atomic E-state index is 14.3. The van der Waals surface area contributed by atoms with Crippen LogP contribution in [-0.4, -0.2) is 57.1 Å². The van der Waals surface area contributed by atoms with E-state index in [4.69, 9.17) is 4.74 Å². The minimum Gasteiger partial charge on any atom is -0.495 e. The molecule has 10 heteroatoms. The summed E-state index contributed by atoms with van der Waals surface area (Å²) in [6, 6.07) is 3.86. The lowest BCUT2D eigenvalue weighted by Gasteiger charge is -2.19. The van der Waals surface area contributed by atoms with Crippen LogP contribution in [0.1, 0.15) is 19.5 Å². The first kappa shape index (κ1) is 19.5. The van der Waals surface area contributed by atoms with Gasteiger partial charge in [-0.05, 0) is 26.0 Å². The molecule has 4 rings (SSSR count). The number of anilines is 1. The zero-order valence-electron chi connectivity index (χ0n) is 16.3. The van der Waals surface area contributed by atoms with Crippen molar-refractivity contribution in [2.45, 2.75) is 31.7 Å². The van der Waals surface area contributed by atoms with E-state index in [1.807, 2.05) is 0 Å². The van der Waals surface area contributed by atoms with Gasteiger partial charge in [0.05, 0.1) is 25.0 Å². The van der Waals surface area contributed by atoms with Crippen LogP contribution in [-0.2, 0) is 5.60 Å². The van der Waals surface area contributed by atoms with Crippen molar-refractivity contribution in [3.8, 4) is 17.1 Å². The normalized spacial score (nSPS) is 19.7. The number of halogens is 2. The van der Waals surface area contributed by atoms with Gasteiger partial charge in [-0.3, -0.25) is 0 Å². The van der Waals surface area contributed by atoms with E-state index < -0.39 is 23.6 Å². The number of imidazole rings is 1. The van der Waals surface area contributed by atoms with E-state index in [1.165, 1.54) is 23.8 Å². The van der Waals surface area contributed by atoms with Crippen LogP contribution >= 0.6 is 0 Å². The molecule has 0 radical (unpaired) electrons. The standard InChI is InChI=1S/C19H22F2N6O2/c1-19(2,28)17-15(29-3)6-16-23-9-14(27(16)26-17)12-5-4-10(20)18(24-12)25-13-8-22-7-11(13)21/h4-6,9,11,13,22,28H,7-8H2,1-3H3,(H,24,25)/t11-,13-/m0/s1. The number of methoxy groups -OCH3 is 1. The van der Waals surface area contributed by atoms with Crippen LogP contribution in [0, 0.1) is 5.82 Å². The van der Waals surface area contributed by atoms with Crippen molar-refractivity contribution in [2.75, 3.05) is 25.5 Å². The molecule has 0 saturated carbocycles. The number of nitrogens with one attached hydrogen (secondary N) is 2. The Bertz CT molecular complexity index is 1050. The fourth-order valence-corrected chi connectivity index (χ4v) is 3.30. The Morgan fingerprint density at radius 1 is 1.34 bits per heavy atom. The van der Waals surface area contributed by atoms with E-state index in [0.29, 0.717) is 35.0 Å². The van der Waals surface area contributed by atoms with Crippen molar-refractivity contribution in [3.63, 3.8) is 0 Å². The molecule has 4 heterocycles. The monoisotopic (exact) mass is 404 g/mol. The summed E-state index contributed by atoms with van der Waals surface area (Å²) in [7, 11) is 1.49. The second kappa shape index (κ2) is 7.20. The number of hydrogen-bond acceptors (Lipinski definition) is 7. The molecule has 3 N–H and O–H groups in total. The van der Waals surface area contributed by atoms with Crippen LogP contribution in [0.4, 0.5) is 14.6 Å². The third-order valence-corrected chi connectivity index (χ3v) is 4.83. The van der Waals surface area contributed by atoms with Crippen LogP contribution in [0.3, 0.4) is 0 Å². The highest BCUT2D eigenvalue weighted by molar-refractivity contribution is 5.62. The minimum absolute atomic E-state index is 0.0370. The van der Waals surface area contributed by atoms with Gasteiger partial charge in [0.15, 0.2) is 17.3 Å². The minimum atomic E-state index is -1.25. The molecular formula is C19H22F2N6O2. The third kappa shape index (κ3) is 3.60. The number of aliphatic hydroxyl groups is 1. The largest absolute Gasteiger partial charge is 0.495 e. The smallest absolute Gasteiger partial charge is 0.165 e. The Morgan fingerprint density at radius 3 is 2.79 bits per heavy atom. The maximum absolute atomic E-state index is 14.3. The second-order valence-corrected chi connectivity index (χ2v) is 7.49. The zero-order valence-corrected chi connectivity index (χ0v) is 16.3. The number of ether oxygens (including phenoxy) is 1. The highest BCUT2D eigenvalue weighted by Gasteiger charge is 2.28. The Hall–Kier alpha value is -2.85. The van der Waals surface area contributed by atoms with Gasteiger partial charge in [0.2, 0.25) is 0 Å². The Labute approximate surface area is 165 Å². The topological polar surface area (TPSA) is 96.6 Å². The van der Waals surface area contributed by atoms with E-state index >= 15 is 0 Å². The lowest BCUT2D eigenvalue weighted by molar-refractivity contribution is 0.0694. The molecule has 8 nitrogen and oxygen atoms in total. The fourth-order valence-electron chi connectivity index (χ4n) is 3.30. The van der Waals surface area contributed by atoms with Gasteiger partial charge in [-0.2, -0.15) is 5.10 Å². The molecule has 1 saturated heterocycles. The molecule has 154 valence electrons. The van der Waals surface area contributed by atoms with Crippen molar-refractivity contribution >= 4 is 11.5 Å². The van der Waals surface area contributed by atoms with Crippen molar-refractivity contribution in [3.05, 3.63) is 35.9 Å². The molecule has 3 aromatic heterocycles. The number of fused-ring (bicyclic) bond motifs is 1. The first-order valence-corrected chi connectivity index (χ1v) is 9.22. The number of pyridine rings is 1. The van der Waals surface area contributed by atoms with Crippen molar-refractivity contribution in [1.82, 2.24) is 24.9 Å². The van der Waals surface area contributed by atoms with E-state index in [-0.39, 0.29) is 12.4 Å². The summed E-state index contributed by atoms with van der Waals surface area (Å²) in [6.45, 7) is 3.80. The molecule has 0 aromatic carbocycles. The molecule has 3 aromatic rings. The molecule has 1 fully saturated rings. The van der Waals surface area contributed by atoms with Gasteiger partial charge in [0, 0.05) is 19.2 Å². The summed E-state index contributed by atoms with van der Waals surface area (Å²) < 4.78 is 35.0. The van der Waals surface area contributed by atoms with Crippen LogP contribution in [0.2, 0.25) is 0 Å². The highest BCUT2D eigenvalue weighted by atomic mass is 19.1. The average Bonchev–Trinajstić information content (AvgIpc) is 3.27. The maximum Gasteiger partial charge on any atom is 0.165 e. The van der Waals surface area contributed by atoms with Crippen LogP contribution in [0.25, 0.3) is 17.0 Å². The predicted molar refractivity (Wildman–Crippen MR) is 103 cm³/mol. The molecule has 0 bridgehead atoms. The summed E-state index contributed by atoms with van der Waals surface area (Å²) in [5.41, 5.74) is 0.453. The Morgan fingerprint density at radius 2 is 2.14 bits per heavy atom. The van der Waals surface area contributed by atoms with E-state index in [0.717, 1.165) is 0 Å². The van der Waals surface area contributed by atoms with Crippen molar-refractivity contribution in [2.24, 2.45) is 0 Å². The van der Waals surface area contributed by atoms with Gasteiger partial charge in [0.1, 0.15) is 28.9 Å². The molecule has 2 atom stereocenters. The van der Waals surface area contributed by atoms with Crippen molar-refractivity contribution < 1.29 is 18.6 Å². The summed E-state index contributed by atoms with van der Waals surface area (Å²) in [5, 5.41) is 20.6. The SMILES string of the molecule is COc1cc2ncc(-c3ccc(F)c(N[C@H]4CNC[C@@H]4F)n3)n2nc1C(C)(C)O. The number of hydrogen-bond donors (Lipinski definition) is 3. The molecule has 0 aliphatic carbocycles. The molecule has 1 aliphatic rings. The fraction of sp³-hybridized carbons (Fsp3) is 0.421. The van der Waals surface area contributed by atoms with Gasteiger partial charge in [-0.15, -0.1) is 0 Å². The zero-order chi connectivity index (χ0) is 20.8. The van der Waals surface area contributed by atoms with Gasteiger partial charge >= 0.3 is 0 Å². The van der Waals surface area contributed by atoms with Crippen LogP contribution in [0.15, 0.2) is 24.4 Å². The molecule has 29 heavy (non-hydrogen) atoms. The van der Waals surface area contributed by atoms with E-state index in [2.05, 4.69) is 25.7 Å². The van der Waals surface area contributed by atoms with Gasteiger partial charge in [-0.1, -0.05) is 0 Å². The number of nitrogens with zero attached hydrogens (tertiary/aromatic N) is 4. The average molecular weight is 404 g/mol. The van der Waals surface area contributed by atoms with Gasteiger partial charge in [-0.25, -0.2) is 23.3 Å². The third-order valence-electron chi connectivity index (χ3n) is 4.83. The molecule has 0 amide bonds. The molecule has 0 spiro atoms. The lowest BCUT2D eigenvalue weighted by Crippen LogP contribution is -2.30. The predicted octanol–water partition coefficient (Wildman–Crippen LogP) is 1.89. The number of rotatable bonds is 5. The van der Waals surface area contributed by atoms with Crippen molar-refractivity contribution in [1.29, 1.82) is 0 Å².